The van der Waals surface area contributed by atoms with Gasteiger partial charge >= 0.3 is 0 Å². The molecule has 3 rings (SSSR count). The number of carbonyl (C=O) groups is 1. The lowest BCUT2D eigenvalue weighted by molar-refractivity contribution is 0.0998. The molecular formula is C15H17N3O. The van der Waals surface area contributed by atoms with Crippen molar-refractivity contribution in [3.05, 3.63) is 52.8 Å². The fourth-order valence-electron chi connectivity index (χ4n) is 2.94. The van der Waals surface area contributed by atoms with Gasteiger partial charge in [0.05, 0.1) is 5.56 Å². The molecule has 0 unspecified atom stereocenters. The molecule has 4 nitrogen and oxygen atoms in total. The predicted octanol–water partition coefficient (Wildman–Crippen LogP) is 1.53. The Kier molecular flexibility index (Phi) is 2.87. The lowest BCUT2D eigenvalue weighted by Crippen LogP contribution is -2.26. The second-order valence-electron chi connectivity index (χ2n) is 4.85. The van der Waals surface area contributed by atoms with E-state index in [4.69, 9.17) is 5.73 Å². The fourth-order valence-corrected chi connectivity index (χ4v) is 2.94. The van der Waals surface area contributed by atoms with Gasteiger partial charge in [-0.2, -0.15) is 0 Å². The highest BCUT2D eigenvalue weighted by molar-refractivity contribution is 5.96. The van der Waals surface area contributed by atoms with E-state index in [2.05, 4.69) is 22.0 Å². The van der Waals surface area contributed by atoms with Crippen LogP contribution in [-0.4, -0.2) is 17.0 Å². The molecule has 0 fully saturated rings. The summed E-state index contributed by atoms with van der Waals surface area (Å²) in [5.41, 5.74) is 10.5. The van der Waals surface area contributed by atoms with Crippen molar-refractivity contribution >= 4 is 5.91 Å². The third-order valence-corrected chi connectivity index (χ3v) is 3.72. The summed E-state index contributed by atoms with van der Waals surface area (Å²) in [6.07, 6.45) is 0.915. The maximum absolute atomic E-state index is 11.7. The standard InChI is InChI=1S/C15H17N3O/c1-10-14(15(16)19)12-9-17-8-7-13(12)18(10)11-5-3-2-4-6-11/h2-6,17H,7-9H2,1H3,(H2,16,19). The van der Waals surface area contributed by atoms with Gasteiger partial charge in [-0.1, -0.05) is 18.2 Å². The van der Waals surface area contributed by atoms with E-state index in [1.165, 1.54) is 5.69 Å². The lowest BCUT2D eigenvalue weighted by atomic mass is 10.0. The summed E-state index contributed by atoms with van der Waals surface area (Å²) in [7, 11) is 0. The van der Waals surface area contributed by atoms with Crippen LogP contribution in [0.25, 0.3) is 5.69 Å². The monoisotopic (exact) mass is 255 g/mol. The van der Waals surface area contributed by atoms with E-state index in [1.54, 1.807) is 0 Å². The third-order valence-electron chi connectivity index (χ3n) is 3.72. The molecule has 1 aromatic carbocycles. The van der Waals surface area contributed by atoms with Gasteiger partial charge in [-0.05, 0) is 19.1 Å². The van der Waals surface area contributed by atoms with Crippen LogP contribution in [0.5, 0.6) is 0 Å². The molecule has 0 atom stereocenters. The topological polar surface area (TPSA) is 60.1 Å². The van der Waals surface area contributed by atoms with Crippen LogP contribution in [-0.2, 0) is 13.0 Å². The largest absolute Gasteiger partial charge is 0.366 e. The summed E-state index contributed by atoms with van der Waals surface area (Å²) in [4.78, 5) is 11.7. The van der Waals surface area contributed by atoms with E-state index >= 15 is 0 Å². The van der Waals surface area contributed by atoms with Crippen LogP contribution < -0.4 is 11.1 Å². The summed E-state index contributed by atoms with van der Waals surface area (Å²) >= 11 is 0. The molecule has 1 aromatic heterocycles. The maximum atomic E-state index is 11.7. The molecule has 1 aliphatic rings. The van der Waals surface area contributed by atoms with Crippen molar-refractivity contribution in [2.75, 3.05) is 6.54 Å². The number of aromatic nitrogens is 1. The van der Waals surface area contributed by atoms with Crippen molar-refractivity contribution in [1.82, 2.24) is 9.88 Å². The van der Waals surface area contributed by atoms with Crippen molar-refractivity contribution in [3.8, 4) is 5.69 Å². The van der Waals surface area contributed by atoms with Gasteiger partial charge < -0.3 is 15.6 Å². The Bertz CT molecular complexity index is 629. The van der Waals surface area contributed by atoms with Crippen LogP contribution in [0.1, 0.15) is 27.3 Å². The van der Waals surface area contributed by atoms with Gasteiger partial charge in [0, 0.05) is 42.1 Å². The molecule has 3 N–H and O–H groups in total. The first kappa shape index (κ1) is 12.0. The number of hydrogen-bond donors (Lipinski definition) is 2. The van der Waals surface area contributed by atoms with Crippen molar-refractivity contribution in [1.29, 1.82) is 0 Å². The van der Waals surface area contributed by atoms with Crippen molar-refractivity contribution in [2.24, 2.45) is 5.73 Å². The summed E-state index contributed by atoms with van der Waals surface area (Å²) in [6.45, 7) is 3.61. The predicted molar refractivity (Wildman–Crippen MR) is 74.4 cm³/mol. The van der Waals surface area contributed by atoms with Crippen LogP contribution in [0.3, 0.4) is 0 Å². The van der Waals surface area contributed by atoms with Gasteiger partial charge in [-0.3, -0.25) is 4.79 Å². The van der Waals surface area contributed by atoms with E-state index in [1.807, 2.05) is 25.1 Å². The summed E-state index contributed by atoms with van der Waals surface area (Å²) in [6, 6.07) is 10.1. The Morgan fingerprint density at radius 2 is 2.05 bits per heavy atom. The van der Waals surface area contributed by atoms with E-state index < -0.39 is 0 Å². The molecule has 4 heteroatoms. The summed E-state index contributed by atoms with van der Waals surface area (Å²) in [5.74, 6) is -0.341. The smallest absolute Gasteiger partial charge is 0.250 e. The minimum atomic E-state index is -0.341. The number of carbonyl (C=O) groups excluding carboxylic acids is 1. The van der Waals surface area contributed by atoms with Gasteiger partial charge in [0.15, 0.2) is 0 Å². The number of para-hydroxylation sites is 1. The normalized spacial score (nSPS) is 14.2. The molecule has 0 aliphatic carbocycles. The van der Waals surface area contributed by atoms with Gasteiger partial charge in [0.2, 0.25) is 0 Å². The molecule has 0 radical (unpaired) electrons. The van der Waals surface area contributed by atoms with Crippen LogP contribution >= 0.6 is 0 Å². The summed E-state index contributed by atoms with van der Waals surface area (Å²) in [5, 5.41) is 3.31. The lowest BCUT2D eigenvalue weighted by Gasteiger charge is -2.17. The van der Waals surface area contributed by atoms with Crippen molar-refractivity contribution in [2.45, 2.75) is 19.9 Å². The number of hydrogen-bond acceptors (Lipinski definition) is 2. The van der Waals surface area contributed by atoms with Gasteiger partial charge in [-0.25, -0.2) is 0 Å². The molecule has 0 bridgehead atoms. The van der Waals surface area contributed by atoms with Crippen LogP contribution in [0, 0.1) is 6.92 Å². The Morgan fingerprint density at radius 3 is 2.74 bits per heavy atom. The van der Waals surface area contributed by atoms with Crippen LogP contribution in [0.2, 0.25) is 0 Å². The van der Waals surface area contributed by atoms with Gasteiger partial charge in [0.1, 0.15) is 0 Å². The second kappa shape index (κ2) is 4.55. The number of rotatable bonds is 2. The van der Waals surface area contributed by atoms with Crippen LogP contribution in [0.15, 0.2) is 30.3 Å². The molecule has 1 aliphatic heterocycles. The zero-order valence-electron chi connectivity index (χ0n) is 10.9. The minimum absolute atomic E-state index is 0.341. The highest BCUT2D eigenvalue weighted by Crippen LogP contribution is 2.28. The molecular weight excluding hydrogens is 238 g/mol. The quantitative estimate of drug-likeness (QED) is 0.855. The Hall–Kier alpha value is -2.07. The Labute approximate surface area is 112 Å². The zero-order valence-corrected chi connectivity index (χ0v) is 10.9. The molecule has 0 saturated carbocycles. The van der Waals surface area contributed by atoms with Crippen LogP contribution in [0.4, 0.5) is 0 Å². The van der Waals surface area contributed by atoms with Gasteiger partial charge in [-0.15, -0.1) is 0 Å². The first-order valence-electron chi connectivity index (χ1n) is 6.49. The van der Waals surface area contributed by atoms with Crippen molar-refractivity contribution < 1.29 is 4.79 Å². The molecule has 0 spiro atoms. The first-order chi connectivity index (χ1) is 9.20. The number of primary amides is 1. The minimum Gasteiger partial charge on any atom is -0.366 e. The number of benzene rings is 1. The number of nitrogens with two attached hydrogens (primary N) is 1. The van der Waals surface area contributed by atoms with E-state index in [0.29, 0.717) is 12.1 Å². The Balaban J connectivity index is 2.28. The molecule has 19 heavy (non-hydrogen) atoms. The highest BCUT2D eigenvalue weighted by Gasteiger charge is 2.25. The highest BCUT2D eigenvalue weighted by atomic mass is 16.1. The van der Waals surface area contributed by atoms with E-state index in [9.17, 15) is 4.79 Å². The number of nitrogens with one attached hydrogen (secondary N) is 1. The zero-order chi connectivity index (χ0) is 13.4. The SMILES string of the molecule is Cc1c(C(N)=O)c2c(n1-c1ccccc1)CCNC2. The molecule has 2 aromatic rings. The maximum Gasteiger partial charge on any atom is 0.250 e. The number of nitrogens with zero attached hydrogens (tertiary/aromatic N) is 1. The molecule has 2 heterocycles. The average molecular weight is 255 g/mol. The Morgan fingerprint density at radius 1 is 1.32 bits per heavy atom. The van der Waals surface area contributed by atoms with E-state index in [0.717, 1.165) is 29.9 Å². The average Bonchev–Trinajstić information content (AvgIpc) is 2.71. The molecule has 1 amide bonds. The van der Waals surface area contributed by atoms with Gasteiger partial charge in [0.25, 0.3) is 5.91 Å². The number of amides is 1. The molecule has 98 valence electrons. The second-order valence-corrected chi connectivity index (χ2v) is 4.85. The molecule has 0 saturated heterocycles. The van der Waals surface area contributed by atoms with Crippen molar-refractivity contribution in [3.63, 3.8) is 0 Å². The first-order valence-corrected chi connectivity index (χ1v) is 6.49. The number of fused-ring (bicyclic) bond motifs is 1. The fraction of sp³-hybridized carbons (Fsp3) is 0.267. The van der Waals surface area contributed by atoms with E-state index in [-0.39, 0.29) is 5.91 Å². The third kappa shape index (κ3) is 1.85. The summed E-state index contributed by atoms with van der Waals surface area (Å²) < 4.78 is 2.16.